The van der Waals surface area contributed by atoms with Crippen molar-refractivity contribution in [2.75, 3.05) is 0 Å². The summed E-state index contributed by atoms with van der Waals surface area (Å²) in [5.74, 6) is 0.289. The van der Waals surface area contributed by atoms with E-state index < -0.39 is 18.0 Å². The molecule has 2 bridgehead atoms. The van der Waals surface area contributed by atoms with Gasteiger partial charge in [-0.05, 0) is 55.9 Å². The number of allylic oxidation sites excluding steroid dienone is 2. The molecule has 0 aromatic carbocycles. The maximum absolute atomic E-state index is 14.4. The summed E-state index contributed by atoms with van der Waals surface area (Å²) in [5, 5.41) is 29.3. The third kappa shape index (κ3) is 4.17. The van der Waals surface area contributed by atoms with E-state index in [1.165, 1.54) is 31.9 Å². The molecular formula is C24H26ClFN6O2. The molecule has 4 saturated carbocycles. The lowest BCUT2D eigenvalue weighted by Gasteiger charge is -2.40. The van der Waals surface area contributed by atoms with E-state index in [1.54, 1.807) is 6.07 Å². The number of aromatic amines is 1. The van der Waals surface area contributed by atoms with Gasteiger partial charge in [-0.15, -0.1) is 0 Å². The summed E-state index contributed by atoms with van der Waals surface area (Å²) in [4.78, 5) is 14.9. The molecule has 0 radical (unpaired) electrons. The van der Waals surface area contributed by atoms with Crippen LogP contribution in [0.5, 0.6) is 0 Å². The Kier molecular flexibility index (Phi) is 6.04. The summed E-state index contributed by atoms with van der Waals surface area (Å²) in [6.45, 7) is 0. The van der Waals surface area contributed by atoms with Crippen LogP contribution in [0.4, 0.5) is 4.39 Å². The van der Waals surface area contributed by atoms with Gasteiger partial charge in [0.1, 0.15) is 18.1 Å². The van der Waals surface area contributed by atoms with Crippen LogP contribution in [0.2, 0.25) is 5.02 Å². The summed E-state index contributed by atoms with van der Waals surface area (Å²) in [6.07, 6.45) is 8.11. The predicted molar refractivity (Wildman–Crippen MR) is 125 cm³/mol. The number of halogens is 2. The van der Waals surface area contributed by atoms with Gasteiger partial charge in [0.25, 0.3) is 0 Å². The molecule has 2 atom stereocenters. The van der Waals surface area contributed by atoms with Crippen LogP contribution in [-0.4, -0.2) is 32.4 Å². The Hall–Kier alpha value is -2.96. The van der Waals surface area contributed by atoms with Crippen molar-refractivity contribution in [1.29, 1.82) is 5.26 Å². The van der Waals surface area contributed by atoms with Gasteiger partial charge < -0.3 is 16.2 Å². The molecule has 0 amide bonds. The number of hydrogen-bond acceptors (Lipinski definition) is 6. The average Bonchev–Trinajstić information content (AvgIpc) is 3.60. The Balaban J connectivity index is 0.000000183. The third-order valence-electron chi connectivity index (χ3n) is 7.44. The number of carboxylic acids is 1. The second-order valence-corrected chi connectivity index (χ2v) is 10.0. The zero-order chi connectivity index (χ0) is 24.0. The number of nitrogens with zero attached hydrogens (tertiary/aromatic N) is 3. The van der Waals surface area contributed by atoms with Gasteiger partial charge in [0.15, 0.2) is 5.65 Å². The van der Waals surface area contributed by atoms with E-state index in [-0.39, 0.29) is 17.4 Å². The van der Waals surface area contributed by atoms with Gasteiger partial charge in [0.05, 0.1) is 27.9 Å². The summed E-state index contributed by atoms with van der Waals surface area (Å²) in [7, 11) is 0. The number of dihydropyridines is 1. The lowest BCUT2D eigenvalue weighted by atomic mass is 9.65. The summed E-state index contributed by atoms with van der Waals surface area (Å²) >= 11 is 6.00. The number of carboxylic acid groups (broad SMARTS) is 1. The topological polar surface area (TPSA) is 141 Å². The minimum Gasteiger partial charge on any atom is -0.481 e. The number of rotatable bonds is 3. The molecule has 5 aliphatic rings. The van der Waals surface area contributed by atoms with Crippen LogP contribution in [0.1, 0.15) is 50.6 Å². The van der Waals surface area contributed by atoms with E-state index in [4.69, 9.17) is 22.4 Å². The number of aliphatic carboxylic acids is 1. The molecule has 1 aliphatic heterocycles. The summed E-state index contributed by atoms with van der Waals surface area (Å²) in [6, 6.07) is 3.80. The minimum atomic E-state index is -0.983. The van der Waals surface area contributed by atoms with Gasteiger partial charge in [-0.3, -0.25) is 9.89 Å². The van der Waals surface area contributed by atoms with Crippen LogP contribution in [-0.2, 0) is 4.79 Å². The molecule has 2 unspecified atom stereocenters. The molecule has 2 aromatic heterocycles. The largest absolute Gasteiger partial charge is 0.481 e. The van der Waals surface area contributed by atoms with Crippen LogP contribution in [0.3, 0.4) is 0 Å². The molecule has 8 nitrogen and oxygen atoms in total. The fraction of sp³-hybridized carbons (Fsp3) is 0.500. The Labute approximate surface area is 201 Å². The molecule has 2 aromatic rings. The summed E-state index contributed by atoms with van der Waals surface area (Å²) in [5.41, 5.74) is 7.97. The first-order chi connectivity index (χ1) is 16.4. The molecule has 0 saturated heterocycles. The van der Waals surface area contributed by atoms with Gasteiger partial charge in [-0.1, -0.05) is 24.4 Å². The number of nitriles is 1. The molecule has 3 heterocycles. The van der Waals surface area contributed by atoms with Crippen molar-refractivity contribution in [2.24, 2.45) is 29.4 Å². The van der Waals surface area contributed by atoms with Gasteiger partial charge in [-0.2, -0.15) is 10.4 Å². The lowest BCUT2D eigenvalue weighted by molar-refractivity contribution is -0.147. The predicted octanol–water partition coefficient (Wildman–Crippen LogP) is 4.26. The maximum atomic E-state index is 14.4. The number of nitrogens with two attached hydrogens (primary N) is 1. The number of H-pyrrole nitrogens is 1. The molecule has 10 heteroatoms. The number of pyridine rings is 1. The van der Waals surface area contributed by atoms with Gasteiger partial charge in [0, 0.05) is 17.2 Å². The van der Waals surface area contributed by atoms with E-state index in [2.05, 4.69) is 26.6 Å². The number of hydrogen-bond donors (Lipinski definition) is 4. The average molecular weight is 485 g/mol. The van der Waals surface area contributed by atoms with Crippen LogP contribution in [0.25, 0.3) is 16.7 Å². The first kappa shape index (κ1) is 22.8. The van der Waals surface area contributed by atoms with Gasteiger partial charge in [-0.25, -0.2) is 9.37 Å². The Morgan fingerprint density at radius 2 is 2.00 bits per heavy atom. The van der Waals surface area contributed by atoms with Gasteiger partial charge in [0.2, 0.25) is 0 Å². The fourth-order valence-electron chi connectivity index (χ4n) is 5.54. The van der Waals surface area contributed by atoms with Crippen molar-refractivity contribution in [1.82, 2.24) is 20.5 Å². The first-order valence-corrected chi connectivity index (χ1v) is 12.0. The molecule has 4 aliphatic carbocycles. The highest BCUT2D eigenvalue weighted by atomic mass is 35.5. The quantitative estimate of drug-likeness (QED) is 0.509. The minimum absolute atomic E-state index is 0.00231. The van der Waals surface area contributed by atoms with Crippen molar-refractivity contribution in [3.05, 3.63) is 40.0 Å². The van der Waals surface area contributed by atoms with Crippen molar-refractivity contribution < 1.29 is 14.3 Å². The van der Waals surface area contributed by atoms with E-state index >= 15 is 0 Å². The zero-order valence-electron chi connectivity index (χ0n) is 18.5. The number of aromatic nitrogens is 3. The SMILES string of the molecule is N#CC1=C(c2[nH]nc3ncc(Cl)cc23)NC(N)C(F)=C1C1CC1.O=C(O)C1CC2CCC1CC2. The second kappa shape index (κ2) is 9.01. The fourth-order valence-corrected chi connectivity index (χ4v) is 5.70. The molecule has 178 valence electrons. The van der Waals surface area contributed by atoms with Crippen molar-refractivity contribution in [3.8, 4) is 6.07 Å². The van der Waals surface area contributed by atoms with Crippen LogP contribution in [0.15, 0.2) is 29.2 Å². The van der Waals surface area contributed by atoms with E-state index in [0.717, 1.165) is 25.2 Å². The Morgan fingerprint density at radius 1 is 1.26 bits per heavy atom. The third-order valence-corrected chi connectivity index (χ3v) is 7.64. The molecule has 5 N–H and O–H groups in total. The second-order valence-electron chi connectivity index (χ2n) is 9.60. The number of carbonyl (C=O) groups is 1. The molecule has 7 rings (SSSR count). The van der Waals surface area contributed by atoms with E-state index in [9.17, 15) is 14.4 Å². The Morgan fingerprint density at radius 3 is 2.56 bits per heavy atom. The maximum Gasteiger partial charge on any atom is 0.306 e. The monoisotopic (exact) mass is 484 g/mol. The van der Waals surface area contributed by atoms with Crippen LogP contribution in [0, 0.1) is 35.0 Å². The van der Waals surface area contributed by atoms with Crippen LogP contribution >= 0.6 is 11.6 Å². The van der Waals surface area contributed by atoms with Crippen molar-refractivity contribution in [2.45, 2.75) is 51.1 Å². The lowest BCUT2D eigenvalue weighted by Crippen LogP contribution is -2.41. The standard InChI is InChI=1S/C15H12ClFN6.C9H14O2/c16-7-3-8-13(22-23-15(8)20-5-7)12-9(4-18)10(6-1-2-6)11(17)14(19)21-12;10-9(11)8-5-6-1-3-7(8)4-2-6/h3,5-6,14,21H,1-2,19H2,(H,20,22,23);6-8H,1-5H2,(H,10,11). The van der Waals surface area contributed by atoms with Crippen molar-refractivity contribution in [3.63, 3.8) is 0 Å². The molecule has 34 heavy (non-hydrogen) atoms. The van der Waals surface area contributed by atoms with Gasteiger partial charge >= 0.3 is 5.97 Å². The Bertz CT molecular complexity index is 1240. The number of nitrogens with one attached hydrogen (secondary N) is 2. The first-order valence-electron chi connectivity index (χ1n) is 11.7. The molecule has 4 fully saturated rings. The van der Waals surface area contributed by atoms with Crippen molar-refractivity contribution >= 4 is 34.3 Å². The molecule has 0 spiro atoms. The highest BCUT2D eigenvalue weighted by molar-refractivity contribution is 6.31. The number of fused-ring (bicyclic) bond motifs is 4. The highest BCUT2D eigenvalue weighted by Crippen LogP contribution is 2.46. The molecular weight excluding hydrogens is 459 g/mol. The summed E-state index contributed by atoms with van der Waals surface area (Å²) < 4.78 is 14.4. The zero-order valence-corrected chi connectivity index (χ0v) is 19.3. The highest BCUT2D eigenvalue weighted by Gasteiger charge is 2.39. The van der Waals surface area contributed by atoms with E-state index in [1.807, 2.05) is 0 Å². The van der Waals surface area contributed by atoms with Crippen LogP contribution < -0.4 is 11.1 Å². The smallest absolute Gasteiger partial charge is 0.306 e. The normalized spacial score (nSPS) is 28.3. The van der Waals surface area contributed by atoms with E-state index in [0.29, 0.717) is 38.9 Å².